The molecule has 2 aliphatic rings. The smallest absolute Gasteiger partial charge is 0.311 e. The summed E-state index contributed by atoms with van der Waals surface area (Å²) in [5.74, 6) is -0.0597. The third kappa shape index (κ3) is 6.31. The number of carbonyl (C=O) groups is 1. The van der Waals surface area contributed by atoms with E-state index in [1.165, 1.54) is 31.0 Å². The highest BCUT2D eigenvalue weighted by molar-refractivity contribution is 6.38. The molecule has 2 aliphatic heterocycles. The van der Waals surface area contributed by atoms with Crippen LogP contribution in [0.1, 0.15) is 37.2 Å². The van der Waals surface area contributed by atoms with Crippen molar-refractivity contribution in [2.75, 3.05) is 0 Å². The number of hydrogen-bond donors (Lipinski definition) is 1. The third-order valence-corrected chi connectivity index (χ3v) is 8.42. The molecule has 1 aromatic heterocycles. The number of aromatic nitrogens is 1. The van der Waals surface area contributed by atoms with Gasteiger partial charge in [0.15, 0.2) is 0 Å². The van der Waals surface area contributed by atoms with Gasteiger partial charge in [0, 0.05) is 29.1 Å². The van der Waals surface area contributed by atoms with E-state index in [1.54, 1.807) is 34.9 Å². The first-order valence-electron chi connectivity index (χ1n) is 12.8. The van der Waals surface area contributed by atoms with Crippen molar-refractivity contribution < 1.29 is 22.4 Å². The van der Waals surface area contributed by atoms with Gasteiger partial charge in [0.2, 0.25) is 6.29 Å². The fourth-order valence-corrected chi connectivity index (χ4v) is 6.63. The predicted octanol–water partition coefficient (Wildman–Crippen LogP) is 8.50. The van der Waals surface area contributed by atoms with Crippen molar-refractivity contribution in [2.24, 2.45) is 0 Å². The first kappa shape index (κ1) is 29.6. The average Bonchev–Trinajstić information content (AvgIpc) is 3.26. The van der Waals surface area contributed by atoms with E-state index in [1.807, 2.05) is 0 Å². The highest BCUT2D eigenvalue weighted by Crippen LogP contribution is 2.42. The number of nitrogens with zero attached hydrogens (tertiary/aromatic N) is 1. The van der Waals surface area contributed by atoms with Gasteiger partial charge in [-0.2, -0.15) is 13.2 Å². The largest absolute Gasteiger partial charge is 0.446 e. The molecule has 214 valence electrons. The van der Waals surface area contributed by atoms with Crippen molar-refractivity contribution in [3.8, 4) is 16.8 Å². The quantitative estimate of drug-likeness (QED) is 0.184. The lowest BCUT2D eigenvalue weighted by Crippen LogP contribution is -2.37. The van der Waals surface area contributed by atoms with Gasteiger partial charge in [-0.25, -0.2) is 4.39 Å². The number of rotatable bonds is 3. The van der Waals surface area contributed by atoms with Crippen LogP contribution in [0.2, 0.25) is 15.1 Å². The van der Waals surface area contributed by atoms with Crippen LogP contribution in [0.25, 0.3) is 27.7 Å². The van der Waals surface area contributed by atoms with Gasteiger partial charge in [0.25, 0.3) is 5.56 Å². The molecule has 41 heavy (non-hydrogen) atoms. The number of pyridine rings is 1. The van der Waals surface area contributed by atoms with Crippen molar-refractivity contribution in [1.29, 1.82) is 0 Å². The highest BCUT2D eigenvalue weighted by Gasteiger charge is 2.34. The topological polar surface area (TPSA) is 51.1 Å². The van der Waals surface area contributed by atoms with Gasteiger partial charge in [-0.1, -0.05) is 46.9 Å². The molecule has 0 saturated carbocycles. The molecule has 2 fully saturated rings. The molecule has 6 rings (SSSR count). The molecule has 3 heterocycles. The molecule has 1 N–H and O–H groups in total. The van der Waals surface area contributed by atoms with Crippen LogP contribution in [0.4, 0.5) is 17.6 Å². The maximum atomic E-state index is 13.9. The SMILES string of the molecule is O=CC(F)(F)F.O=c1ccc2c(-c3ccc(F)cc3Cl)cc(C3CC4CCC(C3)N4)cc2n1-c1c(Cl)cccc1Cl. The number of aldehydes is 1. The number of fused-ring (bicyclic) bond motifs is 3. The standard InChI is InChI=1S/C28H22Cl3FN2O.C2HF3O/c29-23-2-1-3-24(30)28(23)34-26-13-16(15-10-18-5-6-19(11-15)33-18)12-22(21(26)8-9-27(34)35)20-7-4-17(32)14-25(20)31;3-2(4,5)1-6/h1-4,7-9,12-15,18-19,33H,5-6,10-11H2;1H. The Morgan fingerprint density at radius 3 is 2.07 bits per heavy atom. The second-order valence-corrected chi connectivity index (χ2v) is 11.4. The molecule has 2 unspecified atom stereocenters. The second kappa shape index (κ2) is 11.8. The van der Waals surface area contributed by atoms with Crippen LogP contribution in [0.3, 0.4) is 0 Å². The summed E-state index contributed by atoms with van der Waals surface area (Å²) in [5, 5.41) is 5.61. The molecule has 3 aromatic carbocycles. The fourth-order valence-electron chi connectivity index (χ4n) is 5.80. The van der Waals surface area contributed by atoms with Gasteiger partial charge in [-0.05, 0) is 85.2 Å². The molecular formula is C30H23Cl3F4N2O2. The van der Waals surface area contributed by atoms with Crippen LogP contribution in [0, 0.1) is 5.82 Å². The summed E-state index contributed by atoms with van der Waals surface area (Å²) in [5.41, 5.74) is 3.62. The number of benzene rings is 3. The van der Waals surface area contributed by atoms with Crippen LogP contribution < -0.4 is 10.9 Å². The first-order chi connectivity index (χ1) is 19.4. The zero-order valence-electron chi connectivity index (χ0n) is 21.3. The normalized spacial score (nSPS) is 20.0. The Balaban J connectivity index is 0.000000511. The minimum absolute atomic E-state index is 0.230. The predicted molar refractivity (Wildman–Crippen MR) is 154 cm³/mol. The van der Waals surface area contributed by atoms with Crippen molar-refractivity contribution in [2.45, 2.75) is 49.9 Å². The van der Waals surface area contributed by atoms with Crippen molar-refractivity contribution >= 4 is 52.0 Å². The summed E-state index contributed by atoms with van der Waals surface area (Å²) in [6.45, 7) is 0. The Labute approximate surface area is 247 Å². The number of nitrogens with one attached hydrogen (secondary N) is 1. The Morgan fingerprint density at radius 2 is 1.49 bits per heavy atom. The summed E-state index contributed by atoms with van der Waals surface area (Å²) in [6, 6.07) is 18.2. The molecule has 0 aliphatic carbocycles. The molecule has 11 heteroatoms. The molecule has 0 radical (unpaired) electrons. The Hall–Kier alpha value is -2.91. The number of alkyl halides is 3. The van der Waals surface area contributed by atoms with Crippen molar-refractivity contribution in [1.82, 2.24) is 9.88 Å². The van der Waals surface area contributed by atoms with Crippen molar-refractivity contribution in [3.05, 3.63) is 97.5 Å². The molecule has 2 bridgehead atoms. The van der Waals surface area contributed by atoms with E-state index in [4.69, 9.17) is 39.6 Å². The van der Waals surface area contributed by atoms with Crippen LogP contribution in [-0.4, -0.2) is 29.1 Å². The maximum Gasteiger partial charge on any atom is 0.446 e. The van der Waals surface area contributed by atoms with E-state index >= 15 is 0 Å². The number of hydrogen-bond acceptors (Lipinski definition) is 3. The molecular weight excluding hydrogens is 603 g/mol. The zero-order valence-corrected chi connectivity index (χ0v) is 23.6. The van der Waals surface area contributed by atoms with Crippen molar-refractivity contribution in [3.63, 3.8) is 0 Å². The molecule has 0 amide bonds. The lowest BCUT2D eigenvalue weighted by atomic mass is 9.84. The van der Waals surface area contributed by atoms with Gasteiger partial charge in [-0.15, -0.1) is 0 Å². The van der Waals surface area contributed by atoms with E-state index < -0.39 is 18.3 Å². The lowest BCUT2D eigenvalue weighted by molar-refractivity contribution is -0.156. The monoisotopic (exact) mass is 624 g/mol. The van der Waals surface area contributed by atoms with Crippen LogP contribution in [0.5, 0.6) is 0 Å². The average molecular weight is 626 g/mol. The zero-order chi connectivity index (χ0) is 29.5. The fraction of sp³-hybridized carbons (Fsp3) is 0.267. The van der Waals surface area contributed by atoms with E-state index in [-0.39, 0.29) is 5.56 Å². The maximum absolute atomic E-state index is 13.9. The van der Waals surface area contributed by atoms with E-state index in [0.29, 0.717) is 49.8 Å². The summed E-state index contributed by atoms with van der Waals surface area (Å²) >= 11 is 19.6. The second-order valence-electron chi connectivity index (χ2n) is 10.2. The summed E-state index contributed by atoms with van der Waals surface area (Å²) in [6.07, 6.45) is -1.27. The van der Waals surface area contributed by atoms with E-state index in [2.05, 4.69) is 17.4 Å². The van der Waals surface area contributed by atoms with Gasteiger partial charge < -0.3 is 5.32 Å². The van der Waals surface area contributed by atoms with Gasteiger partial charge in [0.1, 0.15) is 5.82 Å². The Kier molecular flexibility index (Phi) is 8.48. The first-order valence-corrected chi connectivity index (χ1v) is 14.0. The lowest BCUT2D eigenvalue weighted by Gasteiger charge is -2.30. The molecule has 4 nitrogen and oxygen atoms in total. The molecule has 4 aromatic rings. The van der Waals surface area contributed by atoms with Gasteiger partial charge in [-0.3, -0.25) is 14.2 Å². The molecule has 2 atom stereocenters. The molecule has 2 saturated heterocycles. The summed E-state index contributed by atoms with van der Waals surface area (Å²) in [4.78, 5) is 22.0. The van der Waals surface area contributed by atoms with Crippen LogP contribution >= 0.6 is 34.8 Å². The number of piperidine rings is 1. The number of para-hydroxylation sites is 1. The number of carbonyl (C=O) groups excluding carboxylic acids is 1. The third-order valence-electron chi connectivity index (χ3n) is 7.49. The minimum Gasteiger partial charge on any atom is -0.311 e. The minimum atomic E-state index is -4.64. The Bertz CT molecular complexity index is 1660. The Morgan fingerprint density at radius 1 is 0.854 bits per heavy atom. The van der Waals surface area contributed by atoms with Gasteiger partial charge >= 0.3 is 6.18 Å². The van der Waals surface area contributed by atoms with Crippen LogP contribution in [-0.2, 0) is 4.79 Å². The van der Waals surface area contributed by atoms with E-state index in [9.17, 15) is 22.4 Å². The van der Waals surface area contributed by atoms with Crippen LogP contribution in [0.15, 0.2) is 65.5 Å². The van der Waals surface area contributed by atoms with E-state index in [0.717, 1.165) is 29.4 Å². The number of halogens is 7. The highest BCUT2D eigenvalue weighted by atomic mass is 35.5. The summed E-state index contributed by atoms with van der Waals surface area (Å²) < 4.78 is 46.7. The summed E-state index contributed by atoms with van der Waals surface area (Å²) in [7, 11) is 0. The van der Waals surface area contributed by atoms with Gasteiger partial charge in [0.05, 0.1) is 26.3 Å². The molecule has 0 spiro atoms.